The normalized spacial score (nSPS) is 16.9. The molecule has 3 aromatic heterocycles. The van der Waals surface area contributed by atoms with E-state index in [0.29, 0.717) is 5.92 Å². The number of hydrogen-bond donors (Lipinski definition) is 0. The molecule has 5 rings (SSSR count). The Morgan fingerprint density at radius 3 is 2.93 bits per heavy atom. The van der Waals surface area contributed by atoms with E-state index in [1.165, 1.54) is 0 Å². The molecule has 1 unspecified atom stereocenters. The monoisotopic (exact) mass is 381 g/mol. The summed E-state index contributed by atoms with van der Waals surface area (Å²) in [5.41, 5.74) is 7.07. The van der Waals surface area contributed by atoms with Gasteiger partial charge in [0, 0.05) is 46.7 Å². The molecule has 0 amide bonds. The lowest BCUT2D eigenvalue weighted by Crippen LogP contribution is -2.03. The first-order valence-corrected chi connectivity index (χ1v) is 10.2. The SMILES string of the molecule is CCc1cc(C2=CC(C)CCN=C2)nc2c(-c3cnc4ccccc4c3)cnn12. The minimum absolute atomic E-state index is 0.490. The van der Waals surface area contributed by atoms with Crippen molar-refractivity contribution in [3.8, 4) is 11.1 Å². The van der Waals surface area contributed by atoms with E-state index in [9.17, 15) is 0 Å². The highest BCUT2D eigenvalue weighted by molar-refractivity contribution is 6.09. The first-order valence-electron chi connectivity index (χ1n) is 10.2. The third kappa shape index (κ3) is 3.23. The molecule has 1 atom stereocenters. The van der Waals surface area contributed by atoms with Gasteiger partial charge in [0.2, 0.25) is 0 Å². The highest BCUT2D eigenvalue weighted by Gasteiger charge is 2.16. The van der Waals surface area contributed by atoms with Crippen LogP contribution in [0.25, 0.3) is 33.3 Å². The number of allylic oxidation sites excluding steroid dienone is 2. The Morgan fingerprint density at radius 1 is 1.14 bits per heavy atom. The molecule has 4 heterocycles. The summed E-state index contributed by atoms with van der Waals surface area (Å²) in [6.45, 7) is 5.25. The standard InChI is InChI=1S/C24H23N5/c1-3-20-12-23(19-10-16(2)8-9-25-13-19)28-24-21(15-27-29(20)24)18-11-17-6-4-5-7-22(17)26-14-18/h4-7,10-16H,3,8-9H2,1-2H3. The van der Waals surface area contributed by atoms with Crippen molar-refractivity contribution < 1.29 is 0 Å². The Kier molecular flexibility index (Phi) is 4.43. The van der Waals surface area contributed by atoms with Gasteiger partial charge in [0.05, 0.1) is 17.4 Å². The molecule has 29 heavy (non-hydrogen) atoms. The first-order chi connectivity index (χ1) is 14.2. The topological polar surface area (TPSA) is 55.4 Å². The Morgan fingerprint density at radius 2 is 2.03 bits per heavy atom. The number of pyridine rings is 1. The molecule has 0 radical (unpaired) electrons. The first kappa shape index (κ1) is 17.7. The summed E-state index contributed by atoms with van der Waals surface area (Å²) in [5.74, 6) is 0.490. The molecule has 5 nitrogen and oxygen atoms in total. The van der Waals surface area contributed by atoms with Gasteiger partial charge in [-0.2, -0.15) is 5.10 Å². The van der Waals surface area contributed by atoms with Crippen LogP contribution in [0.5, 0.6) is 0 Å². The number of benzene rings is 1. The number of para-hydroxylation sites is 1. The molecule has 1 aromatic carbocycles. The van der Waals surface area contributed by atoms with Gasteiger partial charge in [-0.05, 0) is 37.0 Å². The smallest absolute Gasteiger partial charge is 0.163 e. The summed E-state index contributed by atoms with van der Waals surface area (Å²) in [6, 6.07) is 12.5. The lowest BCUT2D eigenvalue weighted by atomic mass is 10.0. The average molecular weight is 381 g/mol. The van der Waals surface area contributed by atoms with Crippen molar-refractivity contribution in [2.45, 2.75) is 26.7 Å². The molecule has 0 saturated heterocycles. The lowest BCUT2D eigenvalue weighted by Gasteiger charge is -2.09. The summed E-state index contributed by atoms with van der Waals surface area (Å²) >= 11 is 0. The van der Waals surface area contributed by atoms with Crippen molar-refractivity contribution >= 4 is 28.3 Å². The van der Waals surface area contributed by atoms with Crippen molar-refractivity contribution in [1.82, 2.24) is 19.6 Å². The molecule has 4 aromatic rings. The number of fused-ring (bicyclic) bond motifs is 2. The second-order valence-electron chi connectivity index (χ2n) is 7.62. The predicted molar refractivity (Wildman–Crippen MR) is 118 cm³/mol. The largest absolute Gasteiger partial charge is 0.292 e. The summed E-state index contributed by atoms with van der Waals surface area (Å²) in [4.78, 5) is 14.2. The number of hydrogen-bond acceptors (Lipinski definition) is 4. The fourth-order valence-electron chi connectivity index (χ4n) is 3.87. The van der Waals surface area contributed by atoms with Crippen LogP contribution in [0.3, 0.4) is 0 Å². The summed E-state index contributed by atoms with van der Waals surface area (Å²) in [6.07, 6.45) is 10.0. The fraction of sp³-hybridized carbons (Fsp3) is 0.250. The molecule has 5 heteroatoms. The highest BCUT2D eigenvalue weighted by atomic mass is 15.3. The molecule has 0 spiro atoms. The summed E-state index contributed by atoms with van der Waals surface area (Å²) in [7, 11) is 0. The maximum Gasteiger partial charge on any atom is 0.163 e. The molecule has 0 saturated carbocycles. The average Bonchev–Trinajstić information content (AvgIpc) is 3.06. The third-order valence-corrected chi connectivity index (χ3v) is 5.51. The maximum absolute atomic E-state index is 5.01. The Labute approximate surface area is 169 Å². The Balaban J connectivity index is 1.70. The van der Waals surface area contributed by atoms with Gasteiger partial charge in [0.25, 0.3) is 0 Å². The van der Waals surface area contributed by atoms with E-state index >= 15 is 0 Å². The molecule has 144 valence electrons. The van der Waals surface area contributed by atoms with Crippen molar-refractivity contribution in [2.24, 2.45) is 10.9 Å². The van der Waals surface area contributed by atoms with E-state index in [1.54, 1.807) is 0 Å². The second-order valence-corrected chi connectivity index (χ2v) is 7.62. The molecule has 1 aliphatic rings. The van der Waals surface area contributed by atoms with E-state index in [4.69, 9.17) is 4.98 Å². The molecular weight excluding hydrogens is 358 g/mol. The van der Waals surface area contributed by atoms with Crippen molar-refractivity contribution in [1.29, 1.82) is 0 Å². The van der Waals surface area contributed by atoms with E-state index in [-0.39, 0.29) is 0 Å². The van der Waals surface area contributed by atoms with Crippen LogP contribution in [0.15, 0.2) is 59.9 Å². The molecule has 1 aliphatic heterocycles. The molecule has 0 bridgehead atoms. The Hall–Kier alpha value is -3.34. The zero-order chi connectivity index (χ0) is 19.8. The number of aliphatic imine (C=N–C) groups is 1. The molecule has 0 aliphatic carbocycles. The van der Waals surface area contributed by atoms with Gasteiger partial charge in [0.1, 0.15) is 0 Å². The highest BCUT2D eigenvalue weighted by Crippen LogP contribution is 2.28. The summed E-state index contributed by atoms with van der Waals surface area (Å²) in [5, 5.41) is 5.75. The van der Waals surface area contributed by atoms with Crippen LogP contribution in [-0.2, 0) is 6.42 Å². The van der Waals surface area contributed by atoms with E-state index in [0.717, 1.165) is 64.0 Å². The van der Waals surface area contributed by atoms with Crippen LogP contribution in [0.2, 0.25) is 0 Å². The van der Waals surface area contributed by atoms with Gasteiger partial charge in [-0.15, -0.1) is 0 Å². The minimum Gasteiger partial charge on any atom is -0.292 e. The van der Waals surface area contributed by atoms with Crippen LogP contribution in [0, 0.1) is 5.92 Å². The van der Waals surface area contributed by atoms with Gasteiger partial charge in [-0.3, -0.25) is 9.98 Å². The van der Waals surface area contributed by atoms with Crippen molar-refractivity contribution in [3.05, 3.63) is 66.3 Å². The number of aromatic nitrogens is 4. The van der Waals surface area contributed by atoms with Crippen molar-refractivity contribution in [3.63, 3.8) is 0 Å². The predicted octanol–water partition coefficient (Wildman–Crippen LogP) is 5.00. The minimum atomic E-state index is 0.490. The van der Waals surface area contributed by atoms with E-state index < -0.39 is 0 Å². The molecule has 0 N–H and O–H groups in total. The number of rotatable bonds is 3. The van der Waals surface area contributed by atoms with Crippen molar-refractivity contribution in [2.75, 3.05) is 6.54 Å². The van der Waals surface area contributed by atoms with Gasteiger partial charge in [-0.1, -0.05) is 38.1 Å². The van der Waals surface area contributed by atoms with Gasteiger partial charge in [-0.25, -0.2) is 9.50 Å². The fourth-order valence-corrected chi connectivity index (χ4v) is 3.87. The molecular formula is C24H23N5. The third-order valence-electron chi connectivity index (χ3n) is 5.51. The van der Waals surface area contributed by atoms with Gasteiger partial charge in [0.15, 0.2) is 5.65 Å². The van der Waals surface area contributed by atoms with Crippen LogP contribution in [-0.4, -0.2) is 32.3 Å². The van der Waals surface area contributed by atoms with Gasteiger partial charge >= 0.3 is 0 Å². The van der Waals surface area contributed by atoms with E-state index in [2.05, 4.69) is 53.2 Å². The van der Waals surface area contributed by atoms with Crippen LogP contribution in [0.4, 0.5) is 0 Å². The van der Waals surface area contributed by atoms with Crippen LogP contribution >= 0.6 is 0 Å². The molecule has 0 fully saturated rings. The zero-order valence-electron chi connectivity index (χ0n) is 16.7. The lowest BCUT2D eigenvalue weighted by molar-refractivity contribution is 0.666. The second kappa shape index (κ2) is 7.24. The van der Waals surface area contributed by atoms with Crippen LogP contribution < -0.4 is 0 Å². The Bertz CT molecular complexity index is 1260. The number of nitrogens with zero attached hydrogens (tertiary/aromatic N) is 5. The quantitative estimate of drug-likeness (QED) is 0.502. The zero-order valence-corrected chi connectivity index (χ0v) is 16.7. The number of aryl methyl sites for hydroxylation is 1. The summed E-state index contributed by atoms with van der Waals surface area (Å²) < 4.78 is 1.95. The maximum atomic E-state index is 5.01. The van der Waals surface area contributed by atoms with E-state index in [1.807, 2.05) is 41.3 Å². The van der Waals surface area contributed by atoms with Crippen LogP contribution in [0.1, 0.15) is 31.7 Å². The van der Waals surface area contributed by atoms with Gasteiger partial charge < -0.3 is 0 Å².